The molecule has 3 aromatic heterocycles. The number of nitrogens with two attached hydrogens (primary N) is 1. The molecule has 4 bridgehead atoms. The zero-order chi connectivity index (χ0) is 19.8. The van der Waals surface area contributed by atoms with Crippen LogP contribution in [0.15, 0.2) is 24.4 Å². The lowest BCUT2D eigenvalue weighted by molar-refractivity contribution is -0.0320. The van der Waals surface area contributed by atoms with Crippen molar-refractivity contribution < 1.29 is 9.90 Å². The van der Waals surface area contributed by atoms with Gasteiger partial charge in [-0.1, -0.05) is 11.3 Å². The Morgan fingerprint density at radius 1 is 1.24 bits per heavy atom. The normalized spacial score (nSPS) is 32.7. The molecule has 4 aliphatic carbocycles. The quantitative estimate of drug-likeness (QED) is 0.530. The minimum Gasteiger partial charge on any atom is -0.499 e. The Hall–Kier alpha value is -2.45. The Labute approximate surface area is 171 Å². The van der Waals surface area contributed by atoms with Crippen molar-refractivity contribution in [1.82, 2.24) is 20.3 Å². The van der Waals surface area contributed by atoms with Crippen LogP contribution in [0, 0.1) is 11.8 Å². The van der Waals surface area contributed by atoms with Crippen LogP contribution in [0.2, 0.25) is 0 Å². The van der Waals surface area contributed by atoms with Gasteiger partial charge in [-0.15, -0.1) is 0 Å². The van der Waals surface area contributed by atoms with Crippen molar-refractivity contribution in [2.24, 2.45) is 17.6 Å². The second kappa shape index (κ2) is 5.79. The standard InChI is InChI=1S/C21H23N5O2S/c22-20-6-11-5-12(7-20)9-21(8-11,10-20)26-19(28)13-3-4-23-18-16(13)24-17(25-18)14-1-2-15(27)29-14/h1-4,11-12,27H,5-10,22H2,(H,26,28)(H,23,24,25). The van der Waals surface area contributed by atoms with Crippen LogP contribution in [-0.4, -0.2) is 37.0 Å². The van der Waals surface area contributed by atoms with E-state index >= 15 is 0 Å². The van der Waals surface area contributed by atoms with Gasteiger partial charge in [0, 0.05) is 17.3 Å². The van der Waals surface area contributed by atoms with Gasteiger partial charge in [0.2, 0.25) is 0 Å². The van der Waals surface area contributed by atoms with Crippen LogP contribution in [-0.2, 0) is 0 Å². The molecular formula is C21H23N5O2S. The Morgan fingerprint density at radius 3 is 2.72 bits per heavy atom. The van der Waals surface area contributed by atoms with E-state index < -0.39 is 0 Å². The summed E-state index contributed by atoms with van der Waals surface area (Å²) in [6.45, 7) is 0. The van der Waals surface area contributed by atoms with E-state index in [-0.39, 0.29) is 22.0 Å². The monoisotopic (exact) mass is 409 g/mol. The first-order valence-corrected chi connectivity index (χ1v) is 11.0. The van der Waals surface area contributed by atoms with Crippen LogP contribution in [0.4, 0.5) is 0 Å². The van der Waals surface area contributed by atoms with Gasteiger partial charge in [-0.05, 0) is 68.6 Å². The van der Waals surface area contributed by atoms with Gasteiger partial charge >= 0.3 is 0 Å². The summed E-state index contributed by atoms with van der Waals surface area (Å²) >= 11 is 1.23. The number of nitrogens with zero attached hydrogens (tertiary/aromatic N) is 2. The van der Waals surface area contributed by atoms with E-state index in [1.807, 2.05) is 0 Å². The third kappa shape index (κ3) is 2.77. The summed E-state index contributed by atoms with van der Waals surface area (Å²) in [5.41, 5.74) is 8.06. The van der Waals surface area contributed by atoms with Gasteiger partial charge in [-0.2, -0.15) is 0 Å². The van der Waals surface area contributed by atoms with Gasteiger partial charge in [0.15, 0.2) is 16.5 Å². The molecule has 0 aliphatic heterocycles. The van der Waals surface area contributed by atoms with Crippen LogP contribution in [0.25, 0.3) is 21.9 Å². The number of fused-ring (bicyclic) bond motifs is 1. The zero-order valence-electron chi connectivity index (χ0n) is 15.9. The highest BCUT2D eigenvalue weighted by molar-refractivity contribution is 7.17. The Kier molecular flexibility index (Phi) is 3.48. The molecule has 7 rings (SSSR count). The minimum absolute atomic E-state index is 0.0906. The fourth-order valence-electron chi connectivity index (χ4n) is 6.46. The molecule has 8 heteroatoms. The lowest BCUT2D eigenvalue weighted by atomic mass is 9.50. The van der Waals surface area contributed by atoms with E-state index in [1.54, 1.807) is 24.4 Å². The van der Waals surface area contributed by atoms with Gasteiger partial charge in [0.05, 0.1) is 16.0 Å². The van der Waals surface area contributed by atoms with Crippen molar-refractivity contribution in [2.45, 2.75) is 49.6 Å². The molecule has 4 saturated carbocycles. The average Bonchev–Trinajstić information content (AvgIpc) is 3.24. The number of aromatic amines is 1. The highest BCUT2D eigenvalue weighted by Gasteiger charge is 2.56. The number of rotatable bonds is 3. The highest BCUT2D eigenvalue weighted by atomic mass is 32.1. The fourth-order valence-corrected chi connectivity index (χ4v) is 7.15. The van der Waals surface area contributed by atoms with E-state index in [9.17, 15) is 9.90 Å². The van der Waals surface area contributed by atoms with Crippen molar-refractivity contribution in [3.05, 3.63) is 30.0 Å². The van der Waals surface area contributed by atoms with Crippen molar-refractivity contribution in [3.8, 4) is 15.8 Å². The number of aromatic hydroxyl groups is 1. The molecule has 0 saturated heterocycles. The van der Waals surface area contributed by atoms with Crippen LogP contribution in [0.3, 0.4) is 0 Å². The van der Waals surface area contributed by atoms with E-state index in [1.165, 1.54) is 17.8 Å². The maximum atomic E-state index is 13.3. The second-order valence-corrected chi connectivity index (χ2v) is 10.4. The average molecular weight is 410 g/mol. The van der Waals surface area contributed by atoms with Crippen molar-refractivity contribution in [1.29, 1.82) is 0 Å². The summed E-state index contributed by atoms with van der Waals surface area (Å²) in [5, 5.41) is 13.2. The highest BCUT2D eigenvalue weighted by Crippen LogP contribution is 2.56. The first kappa shape index (κ1) is 17.4. The number of thiophene rings is 1. The molecule has 150 valence electrons. The van der Waals surface area contributed by atoms with E-state index in [4.69, 9.17) is 5.73 Å². The predicted molar refractivity (Wildman–Crippen MR) is 111 cm³/mol. The Balaban J connectivity index is 1.34. The summed E-state index contributed by atoms with van der Waals surface area (Å²) in [5.74, 6) is 1.77. The SMILES string of the molecule is NC12CC3CC(C1)CC(NC(=O)c1ccnc4nc(-c5ccc(O)s5)[nH]c14)(C3)C2. The van der Waals surface area contributed by atoms with E-state index in [0.717, 1.165) is 37.0 Å². The number of carbonyl (C=O) groups is 1. The first-order valence-electron chi connectivity index (χ1n) is 10.2. The smallest absolute Gasteiger partial charge is 0.254 e. The largest absolute Gasteiger partial charge is 0.499 e. The molecule has 3 aromatic rings. The lowest BCUT2D eigenvalue weighted by Crippen LogP contribution is -2.68. The van der Waals surface area contributed by atoms with Crippen LogP contribution in [0.5, 0.6) is 5.06 Å². The number of amides is 1. The van der Waals surface area contributed by atoms with Crippen molar-refractivity contribution >= 4 is 28.4 Å². The molecule has 5 N–H and O–H groups in total. The molecule has 1 amide bonds. The number of pyridine rings is 1. The maximum Gasteiger partial charge on any atom is 0.254 e. The van der Waals surface area contributed by atoms with Gasteiger partial charge in [-0.3, -0.25) is 4.79 Å². The molecule has 3 heterocycles. The summed E-state index contributed by atoms with van der Waals surface area (Å²) in [6.07, 6.45) is 8.01. The number of hydrogen-bond acceptors (Lipinski definition) is 6. The van der Waals surface area contributed by atoms with Gasteiger partial charge in [0.25, 0.3) is 5.91 Å². The molecular weight excluding hydrogens is 386 g/mol. The van der Waals surface area contributed by atoms with Gasteiger partial charge in [-0.25, -0.2) is 9.97 Å². The molecule has 0 spiro atoms. The minimum atomic E-state index is -0.187. The van der Waals surface area contributed by atoms with E-state index in [2.05, 4.69) is 20.3 Å². The molecule has 4 aliphatic rings. The number of carbonyl (C=O) groups excluding carboxylic acids is 1. The lowest BCUT2D eigenvalue weighted by Gasteiger charge is -2.61. The number of hydrogen-bond donors (Lipinski definition) is 4. The number of imidazole rings is 1. The Bertz CT molecular complexity index is 1120. The zero-order valence-corrected chi connectivity index (χ0v) is 16.8. The molecule has 4 fully saturated rings. The molecule has 29 heavy (non-hydrogen) atoms. The summed E-state index contributed by atoms with van der Waals surface area (Å²) < 4.78 is 0. The molecule has 7 nitrogen and oxygen atoms in total. The summed E-state index contributed by atoms with van der Waals surface area (Å²) in [6, 6.07) is 5.17. The number of aromatic nitrogens is 3. The first-order chi connectivity index (χ1) is 13.9. The summed E-state index contributed by atoms with van der Waals surface area (Å²) in [4.78, 5) is 26.2. The Morgan fingerprint density at radius 2 is 2.03 bits per heavy atom. The van der Waals surface area contributed by atoms with Crippen molar-refractivity contribution in [3.63, 3.8) is 0 Å². The predicted octanol–water partition coefficient (Wildman–Crippen LogP) is 3.17. The van der Waals surface area contributed by atoms with Gasteiger partial charge in [0.1, 0.15) is 0 Å². The third-order valence-electron chi connectivity index (χ3n) is 6.95. The molecule has 0 radical (unpaired) electrons. The van der Waals surface area contributed by atoms with E-state index in [0.29, 0.717) is 34.4 Å². The van der Waals surface area contributed by atoms with Crippen LogP contribution < -0.4 is 11.1 Å². The molecule has 2 atom stereocenters. The van der Waals surface area contributed by atoms with Crippen LogP contribution >= 0.6 is 11.3 Å². The van der Waals surface area contributed by atoms with Crippen LogP contribution in [0.1, 0.15) is 48.9 Å². The summed E-state index contributed by atoms with van der Waals surface area (Å²) in [7, 11) is 0. The van der Waals surface area contributed by atoms with Gasteiger partial charge < -0.3 is 21.1 Å². The molecule has 0 aromatic carbocycles. The number of H-pyrrole nitrogens is 1. The van der Waals surface area contributed by atoms with Crippen molar-refractivity contribution in [2.75, 3.05) is 0 Å². The maximum absolute atomic E-state index is 13.3. The topological polar surface area (TPSA) is 117 Å². The fraction of sp³-hybridized carbons (Fsp3) is 0.476. The molecule has 2 unspecified atom stereocenters. The number of nitrogens with one attached hydrogen (secondary N) is 2. The second-order valence-electron chi connectivity index (χ2n) is 9.34. The third-order valence-corrected chi connectivity index (χ3v) is 7.84.